The zero-order chi connectivity index (χ0) is 13.0. The van der Waals surface area contributed by atoms with E-state index in [0.717, 1.165) is 12.1 Å². The molecule has 0 aliphatic carbocycles. The van der Waals surface area contributed by atoms with Crippen LogP contribution in [-0.4, -0.2) is 7.11 Å². The lowest BCUT2D eigenvalue weighted by Gasteiger charge is -2.07. The summed E-state index contributed by atoms with van der Waals surface area (Å²) >= 11 is 1.74. The van der Waals surface area contributed by atoms with E-state index in [-0.39, 0.29) is 11.6 Å². The average Bonchev–Trinajstić information content (AvgIpc) is 2.75. The van der Waals surface area contributed by atoms with Crippen LogP contribution >= 0.6 is 11.3 Å². The summed E-state index contributed by atoms with van der Waals surface area (Å²) in [6, 6.07) is 7.14. The third-order valence-corrected chi connectivity index (χ3v) is 3.82. The summed E-state index contributed by atoms with van der Waals surface area (Å²) in [5.41, 5.74) is 2.22. The van der Waals surface area contributed by atoms with Gasteiger partial charge in [0.1, 0.15) is 0 Å². The molecule has 0 saturated carbocycles. The third kappa shape index (κ3) is 3.09. The fourth-order valence-corrected chi connectivity index (χ4v) is 2.60. The molecule has 18 heavy (non-hydrogen) atoms. The summed E-state index contributed by atoms with van der Waals surface area (Å²) in [4.78, 5) is 1.32. The highest BCUT2D eigenvalue weighted by atomic mass is 32.1. The molecule has 1 N–H and O–H groups in total. The maximum atomic E-state index is 13.5. The maximum absolute atomic E-state index is 13.5. The van der Waals surface area contributed by atoms with Gasteiger partial charge in [0.05, 0.1) is 7.11 Å². The smallest absolute Gasteiger partial charge is 0.165 e. The van der Waals surface area contributed by atoms with Crippen LogP contribution in [0.2, 0.25) is 0 Å². The second-order valence-corrected chi connectivity index (χ2v) is 5.10. The molecular formula is C14H16FNOS. The van der Waals surface area contributed by atoms with E-state index in [4.69, 9.17) is 4.74 Å². The van der Waals surface area contributed by atoms with Gasteiger partial charge in [0.15, 0.2) is 11.6 Å². The summed E-state index contributed by atoms with van der Waals surface area (Å²) in [7, 11) is 1.47. The van der Waals surface area contributed by atoms with Gasteiger partial charge in [0.2, 0.25) is 0 Å². The summed E-state index contributed by atoms with van der Waals surface area (Å²) in [6.45, 7) is 3.57. The molecule has 0 unspecified atom stereocenters. The fourth-order valence-electron chi connectivity index (χ4n) is 1.73. The largest absolute Gasteiger partial charge is 0.494 e. The van der Waals surface area contributed by atoms with Crippen LogP contribution in [0.1, 0.15) is 16.0 Å². The minimum atomic E-state index is -0.316. The summed E-state index contributed by atoms with van der Waals surface area (Å²) in [6.07, 6.45) is 0. The van der Waals surface area contributed by atoms with Gasteiger partial charge in [-0.3, -0.25) is 0 Å². The molecule has 1 heterocycles. The van der Waals surface area contributed by atoms with E-state index >= 15 is 0 Å². The highest BCUT2D eigenvalue weighted by Crippen LogP contribution is 2.18. The molecule has 2 nitrogen and oxygen atoms in total. The van der Waals surface area contributed by atoms with Crippen molar-refractivity contribution in [2.24, 2.45) is 0 Å². The molecule has 0 saturated heterocycles. The van der Waals surface area contributed by atoms with Gasteiger partial charge in [-0.15, -0.1) is 11.3 Å². The molecule has 0 fully saturated rings. The van der Waals surface area contributed by atoms with Gasteiger partial charge in [-0.1, -0.05) is 6.07 Å². The molecule has 2 rings (SSSR count). The molecule has 0 aliphatic rings. The van der Waals surface area contributed by atoms with Crippen LogP contribution in [0.5, 0.6) is 5.75 Å². The number of ether oxygens (including phenoxy) is 1. The first kappa shape index (κ1) is 13.1. The molecule has 96 valence electrons. The topological polar surface area (TPSA) is 21.3 Å². The lowest BCUT2D eigenvalue weighted by Crippen LogP contribution is -2.12. The Kier molecular flexibility index (Phi) is 4.33. The quantitative estimate of drug-likeness (QED) is 0.893. The lowest BCUT2D eigenvalue weighted by atomic mass is 10.2. The number of nitrogens with one attached hydrogen (secondary N) is 1. The average molecular weight is 265 g/mol. The van der Waals surface area contributed by atoms with Crippen molar-refractivity contribution in [3.63, 3.8) is 0 Å². The number of methoxy groups -OCH3 is 1. The molecular weight excluding hydrogens is 249 g/mol. The van der Waals surface area contributed by atoms with E-state index in [9.17, 15) is 4.39 Å². The van der Waals surface area contributed by atoms with E-state index in [1.54, 1.807) is 17.4 Å². The molecule has 0 aliphatic heterocycles. The van der Waals surface area contributed by atoms with Crippen LogP contribution in [0.4, 0.5) is 4.39 Å². The Morgan fingerprint density at radius 1 is 1.28 bits per heavy atom. The lowest BCUT2D eigenvalue weighted by molar-refractivity contribution is 0.386. The van der Waals surface area contributed by atoms with Gasteiger partial charge in [-0.25, -0.2) is 4.39 Å². The van der Waals surface area contributed by atoms with Crippen LogP contribution in [0.3, 0.4) is 0 Å². The van der Waals surface area contributed by atoms with Gasteiger partial charge in [0.25, 0.3) is 0 Å². The molecule has 0 radical (unpaired) electrons. The second kappa shape index (κ2) is 5.98. The van der Waals surface area contributed by atoms with E-state index in [1.807, 2.05) is 6.07 Å². The van der Waals surface area contributed by atoms with Crippen LogP contribution in [0.25, 0.3) is 0 Å². The predicted molar refractivity (Wildman–Crippen MR) is 72.6 cm³/mol. The second-order valence-electron chi connectivity index (χ2n) is 4.10. The van der Waals surface area contributed by atoms with Crippen molar-refractivity contribution >= 4 is 11.3 Å². The van der Waals surface area contributed by atoms with Crippen molar-refractivity contribution in [2.45, 2.75) is 20.0 Å². The molecule has 0 amide bonds. The van der Waals surface area contributed by atoms with Crippen LogP contribution in [0, 0.1) is 12.7 Å². The molecule has 0 bridgehead atoms. The third-order valence-electron chi connectivity index (χ3n) is 2.80. The van der Waals surface area contributed by atoms with Crippen molar-refractivity contribution in [3.8, 4) is 5.75 Å². The number of rotatable bonds is 5. The Morgan fingerprint density at radius 2 is 2.11 bits per heavy atom. The van der Waals surface area contributed by atoms with Gasteiger partial charge >= 0.3 is 0 Å². The Labute approximate surface area is 110 Å². The predicted octanol–water partition coefficient (Wildman–Crippen LogP) is 3.49. The van der Waals surface area contributed by atoms with Crippen molar-refractivity contribution in [3.05, 3.63) is 51.5 Å². The van der Waals surface area contributed by atoms with Crippen molar-refractivity contribution in [1.82, 2.24) is 5.32 Å². The first-order valence-corrected chi connectivity index (χ1v) is 6.65. The number of thiophene rings is 1. The normalized spacial score (nSPS) is 10.6. The zero-order valence-corrected chi connectivity index (χ0v) is 11.3. The number of hydrogen-bond donors (Lipinski definition) is 1. The van der Waals surface area contributed by atoms with Gasteiger partial charge in [-0.05, 0) is 41.6 Å². The van der Waals surface area contributed by atoms with Crippen molar-refractivity contribution in [1.29, 1.82) is 0 Å². The number of aryl methyl sites for hydroxylation is 1. The molecule has 1 aromatic heterocycles. The molecule has 1 aromatic carbocycles. The Hall–Kier alpha value is -1.39. The zero-order valence-electron chi connectivity index (χ0n) is 10.5. The van der Waals surface area contributed by atoms with Gasteiger partial charge in [-0.2, -0.15) is 0 Å². The SMILES string of the molecule is COc1ccc(CNCc2sccc2C)cc1F. The van der Waals surface area contributed by atoms with E-state index in [0.29, 0.717) is 6.54 Å². The van der Waals surface area contributed by atoms with Crippen LogP contribution in [0.15, 0.2) is 29.6 Å². The number of benzene rings is 1. The Morgan fingerprint density at radius 3 is 2.72 bits per heavy atom. The highest BCUT2D eigenvalue weighted by Gasteiger charge is 2.04. The first-order valence-electron chi connectivity index (χ1n) is 5.77. The van der Waals surface area contributed by atoms with Crippen molar-refractivity contribution in [2.75, 3.05) is 7.11 Å². The minimum Gasteiger partial charge on any atom is -0.494 e. The molecule has 2 aromatic rings. The molecule has 0 atom stereocenters. The Bertz CT molecular complexity index is 524. The number of hydrogen-bond acceptors (Lipinski definition) is 3. The summed E-state index contributed by atoms with van der Waals surface area (Å²) in [5, 5.41) is 5.40. The number of halogens is 1. The van der Waals surface area contributed by atoms with E-state index in [2.05, 4.69) is 23.7 Å². The summed E-state index contributed by atoms with van der Waals surface area (Å²) < 4.78 is 18.3. The Balaban J connectivity index is 1.91. The van der Waals surface area contributed by atoms with Crippen LogP contribution < -0.4 is 10.1 Å². The maximum Gasteiger partial charge on any atom is 0.165 e. The first-order chi connectivity index (χ1) is 8.70. The van der Waals surface area contributed by atoms with Crippen LogP contribution in [-0.2, 0) is 13.1 Å². The molecule has 4 heteroatoms. The fraction of sp³-hybridized carbons (Fsp3) is 0.286. The van der Waals surface area contributed by atoms with E-state index < -0.39 is 0 Å². The van der Waals surface area contributed by atoms with Gasteiger partial charge < -0.3 is 10.1 Å². The monoisotopic (exact) mass is 265 g/mol. The van der Waals surface area contributed by atoms with Gasteiger partial charge in [0, 0.05) is 18.0 Å². The standard InChI is InChI=1S/C14H16FNOS/c1-10-5-6-18-14(10)9-16-8-11-3-4-13(17-2)12(15)7-11/h3-7,16H,8-9H2,1-2H3. The van der Waals surface area contributed by atoms with E-state index in [1.165, 1.54) is 23.6 Å². The minimum absolute atomic E-state index is 0.285. The molecule has 0 spiro atoms. The highest BCUT2D eigenvalue weighted by molar-refractivity contribution is 7.10. The summed E-state index contributed by atoms with van der Waals surface area (Å²) in [5.74, 6) is -0.0306. The van der Waals surface area contributed by atoms with Crippen molar-refractivity contribution < 1.29 is 9.13 Å².